The molecule has 0 aliphatic carbocycles. The second-order valence-electron chi connectivity index (χ2n) is 7.56. The minimum Gasteiger partial charge on any atom is -0.477 e. The molecule has 1 heterocycles. The largest absolute Gasteiger partial charge is 0.477 e. The van der Waals surface area contributed by atoms with Crippen LogP contribution in [0.25, 0.3) is 0 Å². The molecule has 2 rings (SSSR count). The molecule has 13 heteroatoms. The summed E-state index contributed by atoms with van der Waals surface area (Å²) in [6, 6.07) is 2.05. The standard InChI is InChI=1S/C21H22F6N4O3/c22-20(23,24)13-9-14(21(25,26)27)11-15(10-13)30-18(16(12-28)19(33)34)29-6-4-8-31-7-3-1-2-5-17(31)32/h9-11,29-30H,1-8H2,(H,33,34). The molecule has 0 saturated carbocycles. The third-order valence-corrected chi connectivity index (χ3v) is 5.01. The third kappa shape index (κ3) is 7.57. The molecule has 1 aliphatic rings. The Hall–Kier alpha value is -3.43. The van der Waals surface area contributed by atoms with E-state index < -0.39 is 46.5 Å². The summed E-state index contributed by atoms with van der Waals surface area (Å²) in [6.07, 6.45) is -6.95. The number of carboxylic acid groups (broad SMARTS) is 1. The molecule has 1 saturated heterocycles. The molecule has 0 aromatic heterocycles. The highest BCUT2D eigenvalue weighted by atomic mass is 19.4. The number of nitrogens with one attached hydrogen (secondary N) is 2. The van der Waals surface area contributed by atoms with Gasteiger partial charge in [0.1, 0.15) is 11.9 Å². The fourth-order valence-corrected chi connectivity index (χ4v) is 3.34. The van der Waals surface area contributed by atoms with Gasteiger partial charge in [0.05, 0.1) is 11.1 Å². The highest BCUT2D eigenvalue weighted by molar-refractivity contribution is 5.92. The van der Waals surface area contributed by atoms with E-state index in [4.69, 9.17) is 5.26 Å². The Morgan fingerprint density at radius 3 is 2.21 bits per heavy atom. The van der Waals surface area contributed by atoms with Gasteiger partial charge in [-0.05, 0) is 37.5 Å². The molecular weight excluding hydrogens is 470 g/mol. The SMILES string of the molecule is N#CC(C(=O)O)=C(NCCCN1CCCCCC1=O)Nc1cc(C(F)(F)F)cc(C(F)(F)F)c1. The first-order chi connectivity index (χ1) is 15.8. The van der Waals surface area contributed by atoms with Crippen LogP contribution in [0.2, 0.25) is 0 Å². The van der Waals surface area contributed by atoms with Crippen molar-refractivity contribution in [2.24, 2.45) is 0 Å². The van der Waals surface area contributed by atoms with Crippen LogP contribution in [0, 0.1) is 11.3 Å². The fraction of sp³-hybridized carbons (Fsp3) is 0.476. The molecule has 7 nitrogen and oxygen atoms in total. The maximum absolute atomic E-state index is 13.1. The molecule has 1 amide bonds. The third-order valence-electron chi connectivity index (χ3n) is 5.01. The fourth-order valence-electron chi connectivity index (χ4n) is 3.34. The number of likely N-dealkylation sites (tertiary alicyclic amines) is 1. The van der Waals surface area contributed by atoms with E-state index in [9.17, 15) is 41.0 Å². The lowest BCUT2D eigenvalue weighted by Gasteiger charge is -2.21. The van der Waals surface area contributed by atoms with Crippen LogP contribution in [0.1, 0.15) is 43.2 Å². The average molecular weight is 492 g/mol. The molecule has 1 aliphatic heterocycles. The molecule has 1 aromatic rings. The summed E-state index contributed by atoms with van der Waals surface area (Å²) in [6.45, 7) is 0.869. The molecular formula is C21H22F6N4O3. The van der Waals surface area contributed by atoms with E-state index in [0.29, 0.717) is 38.1 Å². The number of hydrogen-bond donors (Lipinski definition) is 3. The number of amides is 1. The van der Waals surface area contributed by atoms with Crippen molar-refractivity contribution >= 4 is 17.6 Å². The van der Waals surface area contributed by atoms with Crippen LogP contribution in [-0.2, 0) is 21.9 Å². The monoisotopic (exact) mass is 492 g/mol. The molecule has 0 radical (unpaired) electrons. The van der Waals surface area contributed by atoms with Crippen LogP contribution in [0.5, 0.6) is 0 Å². The average Bonchev–Trinajstić information content (AvgIpc) is 2.93. The first kappa shape index (κ1) is 26.8. The summed E-state index contributed by atoms with van der Waals surface area (Å²) >= 11 is 0. The van der Waals surface area contributed by atoms with Gasteiger partial charge in [0, 0.05) is 31.7 Å². The van der Waals surface area contributed by atoms with Crippen LogP contribution in [0.3, 0.4) is 0 Å². The van der Waals surface area contributed by atoms with Crippen molar-refractivity contribution in [3.63, 3.8) is 0 Å². The van der Waals surface area contributed by atoms with Crippen LogP contribution in [0.15, 0.2) is 29.6 Å². The normalized spacial score (nSPS) is 15.8. The van der Waals surface area contributed by atoms with Gasteiger partial charge in [-0.25, -0.2) is 4.79 Å². The Morgan fingerprint density at radius 2 is 1.68 bits per heavy atom. The number of nitriles is 1. The van der Waals surface area contributed by atoms with Gasteiger partial charge in [0.2, 0.25) is 5.91 Å². The minimum atomic E-state index is -5.10. The molecule has 3 N–H and O–H groups in total. The van der Waals surface area contributed by atoms with Crippen molar-refractivity contribution in [3.8, 4) is 6.07 Å². The zero-order valence-electron chi connectivity index (χ0n) is 17.8. The van der Waals surface area contributed by atoms with Gasteiger partial charge in [-0.3, -0.25) is 4.79 Å². The topological polar surface area (TPSA) is 105 Å². The van der Waals surface area contributed by atoms with E-state index in [1.165, 1.54) is 6.07 Å². The van der Waals surface area contributed by atoms with Gasteiger partial charge >= 0.3 is 18.3 Å². The number of nitrogens with zero attached hydrogens (tertiary/aromatic N) is 2. The number of benzene rings is 1. The van der Waals surface area contributed by atoms with Crippen LogP contribution < -0.4 is 10.6 Å². The summed E-state index contributed by atoms with van der Waals surface area (Å²) in [4.78, 5) is 25.1. The Kier molecular flexibility index (Phi) is 8.78. The Morgan fingerprint density at radius 1 is 1.06 bits per heavy atom. The predicted octanol–water partition coefficient (Wildman–Crippen LogP) is 4.34. The van der Waals surface area contributed by atoms with Crippen molar-refractivity contribution in [3.05, 3.63) is 40.7 Å². The predicted molar refractivity (Wildman–Crippen MR) is 108 cm³/mol. The summed E-state index contributed by atoms with van der Waals surface area (Å²) in [5, 5.41) is 23.1. The number of halogens is 6. The first-order valence-electron chi connectivity index (χ1n) is 10.3. The van der Waals surface area contributed by atoms with Gasteiger partial charge in [0.15, 0.2) is 5.57 Å². The number of hydrogen-bond acceptors (Lipinski definition) is 5. The van der Waals surface area contributed by atoms with Crippen LogP contribution in [0.4, 0.5) is 32.0 Å². The second-order valence-corrected chi connectivity index (χ2v) is 7.56. The quantitative estimate of drug-likeness (QED) is 0.216. The van der Waals surface area contributed by atoms with Gasteiger partial charge in [-0.1, -0.05) is 6.42 Å². The minimum absolute atomic E-state index is 0.00430. The lowest BCUT2D eigenvalue weighted by atomic mass is 10.1. The van der Waals surface area contributed by atoms with Gasteiger partial charge < -0.3 is 20.6 Å². The van der Waals surface area contributed by atoms with Crippen molar-refractivity contribution < 1.29 is 41.0 Å². The lowest BCUT2D eigenvalue weighted by molar-refractivity contribution is -0.143. The maximum Gasteiger partial charge on any atom is 0.416 e. The summed E-state index contributed by atoms with van der Waals surface area (Å²) in [5.41, 5.74) is -4.84. The highest BCUT2D eigenvalue weighted by Crippen LogP contribution is 2.37. The summed E-state index contributed by atoms with van der Waals surface area (Å²) in [5.74, 6) is -2.33. The van der Waals surface area contributed by atoms with Gasteiger partial charge in [-0.15, -0.1) is 0 Å². The second kappa shape index (κ2) is 11.1. The first-order valence-corrected chi connectivity index (χ1v) is 10.3. The molecule has 0 atom stereocenters. The summed E-state index contributed by atoms with van der Waals surface area (Å²) in [7, 11) is 0. The number of carboxylic acids is 1. The van der Waals surface area contributed by atoms with E-state index >= 15 is 0 Å². The van der Waals surface area contributed by atoms with Gasteiger partial charge in [-0.2, -0.15) is 31.6 Å². The number of anilines is 1. The van der Waals surface area contributed by atoms with E-state index in [0.717, 1.165) is 19.3 Å². The molecule has 0 bridgehead atoms. The number of carbonyl (C=O) groups is 2. The van der Waals surface area contributed by atoms with Gasteiger partial charge in [0.25, 0.3) is 0 Å². The van der Waals surface area contributed by atoms with E-state index in [-0.39, 0.29) is 18.5 Å². The Bertz CT molecular complexity index is 950. The van der Waals surface area contributed by atoms with Crippen molar-refractivity contribution in [1.29, 1.82) is 5.26 Å². The lowest BCUT2D eigenvalue weighted by Crippen LogP contribution is -2.33. The Labute approximate surface area is 191 Å². The molecule has 0 spiro atoms. The molecule has 186 valence electrons. The number of aliphatic carboxylic acids is 1. The molecule has 34 heavy (non-hydrogen) atoms. The molecule has 0 unspecified atom stereocenters. The van der Waals surface area contributed by atoms with Crippen LogP contribution in [-0.4, -0.2) is 41.5 Å². The summed E-state index contributed by atoms with van der Waals surface area (Å²) < 4.78 is 78.7. The van der Waals surface area contributed by atoms with E-state index in [2.05, 4.69) is 10.6 Å². The highest BCUT2D eigenvalue weighted by Gasteiger charge is 2.37. The molecule has 1 fully saturated rings. The smallest absolute Gasteiger partial charge is 0.416 e. The number of alkyl halides is 6. The van der Waals surface area contributed by atoms with Crippen molar-refractivity contribution in [1.82, 2.24) is 10.2 Å². The molecule has 1 aromatic carbocycles. The zero-order chi connectivity index (χ0) is 25.5. The number of rotatable bonds is 8. The maximum atomic E-state index is 13.1. The van der Waals surface area contributed by atoms with E-state index in [1.54, 1.807) is 4.90 Å². The van der Waals surface area contributed by atoms with E-state index in [1.807, 2.05) is 0 Å². The number of carbonyl (C=O) groups excluding carboxylic acids is 1. The van der Waals surface area contributed by atoms with Crippen LogP contribution >= 0.6 is 0 Å². The zero-order valence-corrected chi connectivity index (χ0v) is 17.8. The van der Waals surface area contributed by atoms with Crippen molar-refractivity contribution in [2.75, 3.05) is 25.0 Å². The van der Waals surface area contributed by atoms with Crippen molar-refractivity contribution in [2.45, 2.75) is 44.5 Å². The Balaban J connectivity index is 2.25.